The molecule has 2 N–H and O–H groups in total. The van der Waals surface area contributed by atoms with E-state index in [1.165, 1.54) is 6.08 Å². The van der Waals surface area contributed by atoms with Gasteiger partial charge in [-0.15, -0.1) is 0 Å². The maximum absolute atomic E-state index is 15.0. The average molecular weight is 547 g/mol. The van der Waals surface area contributed by atoms with E-state index >= 15 is 4.39 Å². The number of nitrogens with one attached hydrogen (secondary N) is 2. The number of methoxy groups -OCH3 is 1. The fourth-order valence-electron chi connectivity index (χ4n) is 8.15. The van der Waals surface area contributed by atoms with Crippen LogP contribution in [0.5, 0.6) is 0 Å². The van der Waals surface area contributed by atoms with Crippen molar-refractivity contribution in [1.29, 1.82) is 0 Å². The minimum absolute atomic E-state index is 0.00187. The normalized spacial score (nSPS) is 39.5. The molecule has 10 heteroatoms. The first-order valence-corrected chi connectivity index (χ1v) is 15.0. The van der Waals surface area contributed by atoms with Crippen molar-refractivity contribution in [3.63, 3.8) is 0 Å². The van der Waals surface area contributed by atoms with Crippen molar-refractivity contribution in [2.45, 2.75) is 81.8 Å². The summed E-state index contributed by atoms with van der Waals surface area (Å²) in [4.78, 5) is 43.9. The van der Waals surface area contributed by atoms with Crippen molar-refractivity contribution < 1.29 is 28.2 Å². The lowest BCUT2D eigenvalue weighted by Crippen LogP contribution is -2.57. The van der Waals surface area contributed by atoms with Gasteiger partial charge in [0, 0.05) is 69.0 Å². The van der Waals surface area contributed by atoms with Crippen LogP contribution in [0.25, 0.3) is 0 Å². The standard InChI is InChI=1S/C29H43FN4O5/c1-38-24-4-2-3-23-26(24)21(15-25(35)32-23)28(36)31-19-7-8-34(16-19)27-20(17-5-6-17)13-18(30)14-22(27)29(37)33-9-11-39-12-10-33/h15,17-20,22-24,26-27H,2-14,16H2,1H3,(H,31,36)(H,32,35)/t18?,19-,20?,22?,23?,24?,26?,27?/m1/s1. The largest absolute Gasteiger partial charge is 0.381 e. The average Bonchev–Trinajstić information content (AvgIpc) is 3.70. The third-order valence-electron chi connectivity index (χ3n) is 10.1. The Hall–Kier alpha value is -2.04. The molecule has 216 valence electrons. The van der Waals surface area contributed by atoms with Gasteiger partial charge in [0.1, 0.15) is 6.17 Å². The summed E-state index contributed by atoms with van der Waals surface area (Å²) in [5.74, 6) is -0.184. The van der Waals surface area contributed by atoms with E-state index < -0.39 is 6.17 Å². The van der Waals surface area contributed by atoms with E-state index in [4.69, 9.17) is 9.47 Å². The first-order valence-electron chi connectivity index (χ1n) is 15.0. The van der Waals surface area contributed by atoms with Crippen molar-refractivity contribution in [2.24, 2.45) is 23.7 Å². The lowest BCUT2D eigenvalue weighted by atomic mass is 9.72. The molecule has 0 radical (unpaired) electrons. The molecule has 6 rings (SSSR count). The minimum Gasteiger partial charge on any atom is -0.381 e. The van der Waals surface area contributed by atoms with Gasteiger partial charge in [-0.1, -0.05) is 0 Å². The van der Waals surface area contributed by atoms with Crippen LogP contribution in [-0.4, -0.2) is 104 Å². The van der Waals surface area contributed by atoms with E-state index in [-0.39, 0.29) is 66.1 Å². The SMILES string of the molecule is COC1CCCC2NC(=O)C=C(C(=O)N[C@@H]3CCN(C4C(C(=O)N5CCOCC5)CC(F)CC4C4CC4)C3)C21. The van der Waals surface area contributed by atoms with Gasteiger partial charge in [-0.05, 0) is 63.2 Å². The molecule has 8 atom stereocenters. The molecule has 7 unspecified atom stereocenters. The topological polar surface area (TPSA) is 100 Å². The number of halogens is 1. The van der Waals surface area contributed by atoms with E-state index in [2.05, 4.69) is 15.5 Å². The summed E-state index contributed by atoms with van der Waals surface area (Å²) < 4.78 is 26.2. The van der Waals surface area contributed by atoms with Crippen molar-refractivity contribution in [3.8, 4) is 0 Å². The van der Waals surface area contributed by atoms with Crippen LogP contribution in [0.4, 0.5) is 4.39 Å². The van der Waals surface area contributed by atoms with Gasteiger partial charge in [0.2, 0.25) is 17.7 Å². The number of nitrogens with zero attached hydrogens (tertiary/aromatic N) is 2. The molecule has 0 bridgehead atoms. The Bertz CT molecular complexity index is 983. The van der Waals surface area contributed by atoms with E-state index in [0.717, 1.165) is 45.1 Å². The van der Waals surface area contributed by atoms with Crippen LogP contribution in [0.15, 0.2) is 11.6 Å². The lowest BCUT2D eigenvalue weighted by Gasteiger charge is -2.46. The summed E-state index contributed by atoms with van der Waals surface area (Å²) in [6.07, 6.45) is 6.89. The Morgan fingerprint density at radius 2 is 1.90 bits per heavy atom. The summed E-state index contributed by atoms with van der Waals surface area (Å²) in [6.45, 7) is 3.62. The number of hydrogen-bond acceptors (Lipinski definition) is 6. The van der Waals surface area contributed by atoms with E-state index in [1.54, 1.807) is 7.11 Å². The molecule has 2 saturated heterocycles. The highest BCUT2D eigenvalue weighted by Gasteiger charge is 2.51. The molecule has 0 aromatic rings. The zero-order valence-corrected chi connectivity index (χ0v) is 23.0. The Labute approximate surface area is 230 Å². The Morgan fingerprint density at radius 1 is 1.10 bits per heavy atom. The first kappa shape index (κ1) is 27.1. The number of alkyl halides is 1. The number of hydrogen-bond donors (Lipinski definition) is 2. The van der Waals surface area contributed by atoms with Gasteiger partial charge in [0.05, 0.1) is 25.2 Å². The van der Waals surface area contributed by atoms with Crippen LogP contribution in [0, 0.1) is 23.7 Å². The second kappa shape index (κ2) is 11.4. The Balaban J connectivity index is 1.16. The highest BCUT2D eigenvalue weighted by atomic mass is 19.1. The smallest absolute Gasteiger partial charge is 0.248 e. The maximum atomic E-state index is 15.0. The molecule has 9 nitrogen and oxygen atoms in total. The van der Waals surface area contributed by atoms with Crippen LogP contribution >= 0.6 is 0 Å². The van der Waals surface area contributed by atoms with Crippen molar-refractivity contribution in [2.75, 3.05) is 46.5 Å². The molecule has 6 aliphatic rings. The molecule has 3 amide bonds. The van der Waals surface area contributed by atoms with E-state index in [0.29, 0.717) is 50.8 Å². The summed E-state index contributed by atoms with van der Waals surface area (Å²) in [5, 5.41) is 6.24. The zero-order valence-electron chi connectivity index (χ0n) is 23.0. The quantitative estimate of drug-likeness (QED) is 0.523. The predicted molar refractivity (Wildman–Crippen MR) is 141 cm³/mol. The van der Waals surface area contributed by atoms with Crippen LogP contribution in [0.3, 0.4) is 0 Å². The molecule has 0 aromatic heterocycles. The predicted octanol–water partition coefficient (Wildman–Crippen LogP) is 1.42. The molecule has 3 saturated carbocycles. The zero-order chi connectivity index (χ0) is 27.1. The van der Waals surface area contributed by atoms with Crippen molar-refractivity contribution in [1.82, 2.24) is 20.4 Å². The summed E-state index contributed by atoms with van der Waals surface area (Å²) in [6, 6.07) is -0.153. The molecule has 3 aliphatic carbocycles. The number of carbonyl (C=O) groups excluding carboxylic acids is 3. The van der Waals surface area contributed by atoms with Gasteiger partial charge in [0.25, 0.3) is 0 Å². The molecule has 5 fully saturated rings. The maximum Gasteiger partial charge on any atom is 0.248 e. The Morgan fingerprint density at radius 3 is 2.64 bits per heavy atom. The van der Waals surface area contributed by atoms with Crippen molar-refractivity contribution >= 4 is 17.7 Å². The number of ether oxygens (including phenoxy) is 2. The number of rotatable bonds is 6. The molecule has 39 heavy (non-hydrogen) atoms. The summed E-state index contributed by atoms with van der Waals surface area (Å²) >= 11 is 0. The third-order valence-corrected chi connectivity index (χ3v) is 10.1. The van der Waals surface area contributed by atoms with Gasteiger partial charge >= 0.3 is 0 Å². The van der Waals surface area contributed by atoms with Crippen LogP contribution in [0.1, 0.15) is 51.4 Å². The number of likely N-dealkylation sites (tertiary alicyclic amines) is 1. The molecule has 0 spiro atoms. The minimum atomic E-state index is -0.943. The highest BCUT2D eigenvalue weighted by Crippen LogP contribution is 2.49. The summed E-state index contributed by atoms with van der Waals surface area (Å²) in [7, 11) is 1.67. The number of amides is 3. The van der Waals surface area contributed by atoms with Gasteiger partial charge in [0.15, 0.2) is 0 Å². The number of morpholine rings is 1. The van der Waals surface area contributed by atoms with Gasteiger partial charge in [-0.2, -0.15) is 0 Å². The Kier molecular flexibility index (Phi) is 7.97. The number of carbonyl (C=O) groups is 3. The molecule has 3 aliphatic heterocycles. The highest BCUT2D eigenvalue weighted by molar-refractivity contribution is 6.03. The monoisotopic (exact) mass is 546 g/mol. The molecule has 3 heterocycles. The van der Waals surface area contributed by atoms with Crippen LogP contribution in [0.2, 0.25) is 0 Å². The third kappa shape index (κ3) is 5.61. The fourth-order valence-corrected chi connectivity index (χ4v) is 8.15. The van der Waals surface area contributed by atoms with Gasteiger partial charge in [-0.3, -0.25) is 19.3 Å². The van der Waals surface area contributed by atoms with Gasteiger partial charge in [-0.25, -0.2) is 4.39 Å². The molecular formula is C29H43FN4O5. The lowest BCUT2D eigenvalue weighted by molar-refractivity contribution is -0.146. The first-order chi connectivity index (χ1) is 18.9. The van der Waals surface area contributed by atoms with E-state index in [9.17, 15) is 14.4 Å². The molecular weight excluding hydrogens is 503 g/mol. The second-order valence-electron chi connectivity index (χ2n) is 12.5. The van der Waals surface area contributed by atoms with Crippen LogP contribution < -0.4 is 10.6 Å². The number of fused-ring (bicyclic) bond motifs is 1. The summed E-state index contributed by atoms with van der Waals surface area (Å²) in [5.41, 5.74) is 0.517. The second-order valence-corrected chi connectivity index (χ2v) is 12.5. The van der Waals surface area contributed by atoms with Crippen molar-refractivity contribution in [3.05, 3.63) is 11.6 Å². The van der Waals surface area contributed by atoms with Crippen LogP contribution in [-0.2, 0) is 23.9 Å². The van der Waals surface area contributed by atoms with E-state index in [1.807, 2.05) is 4.90 Å². The fraction of sp³-hybridized carbons (Fsp3) is 0.828. The molecule has 0 aromatic carbocycles. The van der Waals surface area contributed by atoms with Gasteiger partial charge < -0.3 is 25.0 Å².